The van der Waals surface area contributed by atoms with Gasteiger partial charge in [-0.1, -0.05) is 146 Å². The Morgan fingerprint density at radius 1 is 0.298 bits per heavy atom. The number of furan rings is 1. The molecule has 1 nitrogen and oxygen atoms in total. The second-order valence-corrected chi connectivity index (χ2v) is 12.4. The lowest BCUT2D eigenvalue weighted by atomic mass is 9.83. The number of hydrogen-bond acceptors (Lipinski definition) is 1. The first-order chi connectivity index (χ1) is 23.3. The fourth-order valence-corrected chi connectivity index (χ4v) is 7.78. The van der Waals surface area contributed by atoms with Gasteiger partial charge in [0.2, 0.25) is 0 Å². The molecule has 47 heavy (non-hydrogen) atoms. The van der Waals surface area contributed by atoms with Crippen molar-refractivity contribution in [2.45, 2.75) is 0 Å². The molecule has 10 rings (SSSR count). The SMILES string of the molecule is c1ccc(-c2cc(-c3c4ccccc4c(-c4cc5ccccc5c5ccccc45)c4ccccc34)c3oc4ccccc4c3c2)cc1. The topological polar surface area (TPSA) is 13.1 Å². The highest BCUT2D eigenvalue weighted by atomic mass is 16.3. The minimum absolute atomic E-state index is 0.904. The molecular weight excluding hydrogens is 569 g/mol. The summed E-state index contributed by atoms with van der Waals surface area (Å²) in [5.74, 6) is 0. The third-order valence-corrected chi connectivity index (χ3v) is 9.82. The van der Waals surface area contributed by atoms with E-state index in [1.807, 2.05) is 0 Å². The predicted octanol–water partition coefficient (Wildman–Crippen LogP) is 13.2. The van der Waals surface area contributed by atoms with E-state index < -0.39 is 0 Å². The van der Waals surface area contributed by atoms with Gasteiger partial charge in [-0.15, -0.1) is 0 Å². The monoisotopic (exact) mass is 596 g/mol. The van der Waals surface area contributed by atoms with E-state index in [2.05, 4.69) is 170 Å². The van der Waals surface area contributed by atoms with Crippen molar-refractivity contribution in [1.82, 2.24) is 0 Å². The second kappa shape index (κ2) is 10.2. The van der Waals surface area contributed by atoms with Crippen molar-refractivity contribution in [3.05, 3.63) is 170 Å². The molecule has 0 saturated heterocycles. The van der Waals surface area contributed by atoms with E-state index in [0.29, 0.717) is 0 Å². The van der Waals surface area contributed by atoms with Crippen LogP contribution in [0.5, 0.6) is 0 Å². The van der Waals surface area contributed by atoms with Gasteiger partial charge in [0.25, 0.3) is 0 Å². The summed E-state index contributed by atoms with van der Waals surface area (Å²) in [7, 11) is 0. The smallest absolute Gasteiger partial charge is 0.143 e. The van der Waals surface area contributed by atoms with Gasteiger partial charge in [-0.3, -0.25) is 0 Å². The Balaban J connectivity index is 1.39. The highest BCUT2D eigenvalue weighted by molar-refractivity contribution is 6.27. The van der Waals surface area contributed by atoms with E-state index in [9.17, 15) is 0 Å². The average molecular weight is 597 g/mol. The van der Waals surface area contributed by atoms with Gasteiger partial charge in [0.15, 0.2) is 0 Å². The van der Waals surface area contributed by atoms with Gasteiger partial charge in [0, 0.05) is 21.9 Å². The summed E-state index contributed by atoms with van der Waals surface area (Å²) in [4.78, 5) is 0. The zero-order valence-corrected chi connectivity index (χ0v) is 25.6. The van der Waals surface area contributed by atoms with E-state index in [0.717, 1.165) is 27.5 Å². The molecule has 1 heteroatoms. The molecule has 0 amide bonds. The summed E-state index contributed by atoms with van der Waals surface area (Å²) in [5, 5.41) is 12.2. The van der Waals surface area contributed by atoms with E-state index >= 15 is 0 Å². The van der Waals surface area contributed by atoms with Gasteiger partial charge in [0.1, 0.15) is 11.2 Å². The summed E-state index contributed by atoms with van der Waals surface area (Å²) < 4.78 is 6.75. The van der Waals surface area contributed by atoms with Gasteiger partial charge < -0.3 is 4.42 Å². The molecule has 0 unspecified atom stereocenters. The van der Waals surface area contributed by atoms with Crippen LogP contribution in [0, 0.1) is 0 Å². The van der Waals surface area contributed by atoms with Gasteiger partial charge in [-0.2, -0.15) is 0 Å². The van der Waals surface area contributed by atoms with Crippen LogP contribution in [-0.2, 0) is 0 Å². The van der Waals surface area contributed by atoms with Crippen LogP contribution >= 0.6 is 0 Å². The molecule has 1 heterocycles. The molecule has 0 aliphatic carbocycles. The Labute approximate surface area is 271 Å². The Kier molecular flexibility index (Phi) is 5.64. The summed E-state index contributed by atoms with van der Waals surface area (Å²) in [6, 6.07) is 61.5. The zero-order chi connectivity index (χ0) is 30.9. The van der Waals surface area contributed by atoms with E-state index in [-0.39, 0.29) is 0 Å². The van der Waals surface area contributed by atoms with Crippen LogP contribution in [-0.4, -0.2) is 0 Å². The molecule has 9 aromatic carbocycles. The minimum atomic E-state index is 0.904. The Morgan fingerprint density at radius 3 is 1.49 bits per heavy atom. The zero-order valence-electron chi connectivity index (χ0n) is 25.6. The minimum Gasteiger partial charge on any atom is -0.455 e. The predicted molar refractivity (Wildman–Crippen MR) is 200 cm³/mol. The molecular formula is C46H28O. The van der Waals surface area contributed by atoms with Gasteiger partial charge >= 0.3 is 0 Å². The summed E-state index contributed by atoms with van der Waals surface area (Å²) in [6.45, 7) is 0. The molecule has 0 saturated carbocycles. The number of benzene rings is 9. The Morgan fingerprint density at radius 2 is 0.809 bits per heavy atom. The van der Waals surface area contributed by atoms with E-state index in [1.165, 1.54) is 70.9 Å². The molecule has 0 aliphatic heterocycles. The third kappa shape index (κ3) is 3.90. The van der Waals surface area contributed by atoms with Crippen LogP contribution in [0.15, 0.2) is 174 Å². The first-order valence-corrected chi connectivity index (χ1v) is 16.2. The lowest BCUT2D eigenvalue weighted by Crippen LogP contribution is -1.93. The fraction of sp³-hybridized carbons (Fsp3) is 0. The van der Waals surface area contributed by atoms with Gasteiger partial charge in [-0.05, 0) is 89.6 Å². The van der Waals surface area contributed by atoms with Crippen LogP contribution in [0.25, 0.3) is 98.4 Å². The number of para-hydroxylation sites is 1. The number of fused-ring (bicyclic) bond motifs is 8. The average Bonchev–Trinajstić information content (AvgIpc) is 3.52. The summed E-state index contributed by atoms with van der Waals surface area (Å²) in [6.07, 6.45) is 0. The lowest BCUT2D eigenvalue weighted by Gasteiger charge is -2.20. The Hall–Kier alpha value is -6.18. The molecule has 0 radical (unpaired) electrons. The maximum Gasteiger partial charge on any atom is 0.143 e. The van der Waals surface area contributed by atoms with Gasteiger partial charge in [0.05, 0.1) is 0 Å². The van der Waals surface area contributed by atoms with Crippen LogP contribution < -0.4 is 0 Å². The molecule has 0 spiro atoms. The quantitative estimate of drug-likeness (QED) is 0.146. The van der Waals surface area contributed by atoms with Crippen molar-refractivity contribution in [2.24, 2.45) is 0 Å². The van der Waals surface area contributed by atoms with Gasteiger partial charge in [-0.25, -0.2) is 0 Å². The maximum absolute atomic E-state index is 6.75. The molecule has 0 N–H and O–H groups in total. The normalized spacial score (nSPS) is 11.8. The van der Waals surface area contributed by atoms with E-state index in [4.69, 9.17) is 4.42 Å². The van der Waals surface area contributed by atoms with E-state index in [1.54, 1.807) is 0 Å². The largest absolute Gasteiger partial charge is 0.455 e. The lowest BCUT2D eigenvalue weighted by molar-refractivity contribution is 0.670. The first kappa shape index (κ1) is 26.1. The van der Waals surface area contributed by atoms with Crippen molar-refractivity contribution in [3.8, 4) is 33.4 Å². The number of rotatable bonds is 3. The molecule has 218 valence electrons. The summed E-state index contributed by atoms with van der Waals surface area (Å²) in [5.41, 5.74) is 9.03. The van der Waals surface area contributed by atoms with Crippen LogP contribution in [0.4, 0.5) is 0 Å². The number of hydrogen-bond donors (Lipinski definition) is 0. The van der Waals surface area contributed by atoms with Crippen molar-refractivity contribution >= 4 is 65.0 Å². The molecule has 10 aromatic rings. The van der Waals surface area contributed by atoms with Crippen molar-refractivity contribution in [1.29, 1.82) is 0 Å². The second-order valence-electron chi connectivity index (χ2n) is 12.4. The molecule has 0 atom stereocenters. The summed E-state index contributed by atoms with van der Waals surface area (Å²) >= 11 is 0. The first-order valence-electron chi connectivity index (χ1n) is 16.2. The molecule has 0 fully saturated rings. The standard InChI is InChI=1S/C46H28O/c1-2-14-29(15-3-1)31-27-41-35-20-12-13-25-43(35)47-46(41)42(28-31)45-38-23-10-8-21-36(38)44(37-22-9-11-24-39(37)45)40-26-30-16-4-5-17-32(30)33-18-6-7-19-34(33)40/h1-28H. The highest BCUT2D eigenvalue weighted by Gasteiger charge is 2.22. The van der Waals surface area contributed by atoms with Crippen molar-refractivity contribution in [2.75, 3.05) is 0 Å². The van der Waals surface area contributed by atoms with Crippen molar-refractivity contribution in [3.63, 3.8) is 0 Å². The van der Waals surface area contributed by atoms with Crippen LogP contribution in [0.1, 0.15) is 0 Å². The third-order valence-electron chi connectivity index (χ3n) is 9.82. The van der Waals surface area contributed by atoms with Crippen LogP contribution in [0.2, 0.25) is 0 Å². The van der Waals surface area contributed by atoms with Crippen LogP contribution in [0.3, 0.4) is 0 Å². The fourth-order valence-electron chi connectivity index (χ4n) is 7.78. The molecule has 0 aliphatic rings. The maximum atomic E-state index is 6.75. The van der Waals surface area contributed by atoms with Crippen molar-refractivity contribution < 1.29 is 4.42 Å². The molecule has 0 bridgehead atoms. The molecule has 1 aromatic heterocycles. The highest BCUT2D eigenvalue weighted by Crippen LogP contribution is 2.49. The Bertz CT molecular complexity index is 2780.